The van der Waals surface area contributed by atoms with Gasteiger partial charge < -0.3 is 10.1 Å². The monoisotopic (exact) mass is 374 g/mol. The Hall–Kier alpha value is -3.26. The molecule has 2 aromatic carbocycles. The lowest BCUT2D eigenvalue weighted by molar-refractivity contribution is -0.120. The number of ether oxygens (including phenoxy) is 1. The summed E-state index contributed by atoms with van der Waals surface area (Å²) in [6, 6.07) is 10.8. The molecule has 2 aromatic rings. The highest BCUT2D eigenvalue weighted by molar-refractivity contribution is 6.30. The van der Waals surface area contributed by atoms with E-state index in [9.17, 15) is 14.5 Å². The van der Waals surface area contributed by atoms with Gasteiger partial charge in [-0.3, -0.25) is 9.59 Å². The molecule has 0 aliphatic rings. The molecule has 0 radical (unpaired) electrons. The summed E-state index contributed by atoms with van der Waals surface area (Å²) in [4.78, 5) is 34.2. The van der Waals surface area contributed by atoms with Crippen molar-refractivity contribution < 1.29 is 14.3 Å². The lowest BCUT2D eigenvalue weighted by atomic mass is 10.2. The van der Waals surface area contributed by atoms with Gasteiger partial charge in [-0.25, -0.2) is 5.43 Å². The number of hydrogen-bond donors (Lipinski definition) is 2. The fourth-order valence-corrected chi connectivity index (χ4v) is 2.08. The lowest BCUT2D eigenvalue weighted by Crippen LogP contribution is -2.34. The highest BCUT2D eigenvalue weighted by atomic mass is 35.5. The zero-order chi connectivity index (χ0) is 18.9. The van der Waals surface area contributed by atoms with Crippen LogP contribution in [-0.4, -0.2) is 31.7 Å². The second kappa shape index (κ2) is 9.28. The first-order chi connectivity index (χ1) is 12.5. The van der Waals surface area contributed by atoms with Gasteiger partial charge in [0.15, 0.2) is 0 Å². The molecule has 0 spiro atoms. The fourth-order valence-electron chi connectivity index (χ4n) is 1.96. The van der Waals surface area contributed by atoms with Crippen molar-refractivity contribution in [3.8, 4) is 5.75 Å². The van der Waals surface area contributed by atoms with Crippen molar-refractivity contribution in [1.82, 2.24) is 10.7 Å². The molecule has 134 valence electrons. The van der Waals surface area contributed by atoms with Crippen molar-refractivity contribution in [2.75, 3.05) is 13.7 Å². The molecule has 2 N–H and O–H groups in total. The molecule has 0 aliphatic heterocycles. The molecule has 0 fully saturated rings. The second-order valence-corrected chi connectivity index (χ2v) is 5.44. The average molecular weight is 375 g/mol. The molecule has 9 heteroatoms. The normalized spacial score (nSPS) is 10.4. The number of benzene rings is 2. The van der Waals surface area contributed by atoms with Gasteiger partial charge in [0.1, 0.15) is 11.4 Å². The van der Waals surface area contributed by atoms with Crippen LogP contribution in [0.3, 0.4) is 0 Å². The summed E-state index contributed by atoms with van der Waals surface area (Å²) in [5.74, 6) is -0.467. The molecule has 0 saturated carbocycles. The van der Waals surface area contributed by atoms with Gasteiger partial charge in [-0.15, -0.1) is 4.91 Å². The van der Waals surface area contributed by atoms with Gasteiger partial charge in [0.25, 0.3) is 11.8 Å². The predicted molar refractivity (Wildman–Crippen MR) is 98.0 cm³/mol. The van der Waals surface area contributed by atoms with Crippen LogP contribution >= 0.6 is 11.6 Å². The summed E-state index contributed by atoms with van der Waals surface area (Å²) in [6.45, 7) is -0.258. The van der Waals surface area contributed by atoms with Crippen LogP contribution in [0.15, 0.2) is 52.7 Å². The van der Waals surface area contributed by atoms with E-state index in [-0.39, 0.29) is 12.2 Å². The Morgan fingerprint density at radius 3 is 2.58 bits per heavy atom. The van der Waals surface area contributed by atoms with Crippen molar-refractivity contribution in [3.05, 3.63) is 63.5 Å². The number of carbonyl (C=O) groups is 2. The molecular formula is C17H15ClN4O4. The maximum atomic E-state index is 11.9. The number of nitroso groups, excluding NO2 is 1. The number of carbonyl (C=O) groups excluding carboxylic acids is 2. The van der Waals surface area contributed by atoms with Crippen molar-refractivity contribution in [3.63, 3.8) is 0 Å². The summed E-state index contributed by atoms with van der Waals surface area (Å²) < 4.78 is 5.12. The van der Waals surface area contributed by atoms with Crippen LogP contribution in [0.4, 0.5) is 5.69 Å². The van der Waals surface area contributed by atoms with Gasteiger partial charge in [-0.05, 0) is 47.6 Å². The highest BCUT2D eigenvalue weighted by Gasteiger charge is 2.08. The Kier molecular flexibility index (Phi) is 6.81. The molecule has 0 heterocycles. The molecular weight excluding hydrogens is 360 g/mol. The van der Waals surface area contributed by atoms with Gasteiger partial charge in [-0.2, -0.15) is 5.10 Å². The number of nitrogens with zero attached hydrogens (tertiary/aromatic N) is 2. The van der Waals surface area contributed by atoms with E-state index in [1.807, 2.05) is 0 Å². The van der Waals surface area contributed by atoms with Crippen molar-refractivity contribution >= 4 is 35.3 Å². The number of methoxy groups -OCH3 is 1. The number of nitrogens with one attached hydrogen (secondary N) is 2. The quantitative estimate of drug-likeness (QED) is 0.441. The summed E-state index contributed by atoms with van der Waals surface area (Å²) in [5.41, 5.74) is 3.32. The van der Waals surface area contributed by atoms with Crippen LogP contribution < -0.4 is 15.5 Å². The maximum Gasteiger partial charge on any atom is 0.259 e. The Morgan fingerprint density at radius 1 is 1.19 bits per heavy atom. The van der Waals surface area contributed by atoms with Crippen LogP contribution in [-0.2, 0) is 4.79 Å². The molecule has 0 bridgehead atoms. The van der Waals surface area contributed by atoms with E-state index in [0.29, 0.717) is 21.9 Å². The first-order valence-electron chi connectivity index (χ1n) is 7.40. The molecule has 0 saturated heterocycles. The molecule has 0 atom stereocenters. The Bertz CT molecular complexity index is 837. The lowest BCUT2D eigenvalue weighted by Gasteiger charge is -2.05. The second-order valence-electron chi connectivity index (χ2n) is 5.00. The van der Waals surface area contributed by atoms with E-state index in [2.05, 4.69) is 21.0 Å². The van der Waals surface area contributed by atoms with Crippen LogP contribution in [0.2, 0.25) is 5.02 Å². The number of halogens is 1. The van der Waals surface area contributed by atoms with E-state index < -0.39 is 11.8 Å². The van der Waals surface area contributed by atoms with Crippen molar-refractivity contribution in [1.29, 1.82) is 0 Å². The third kappa shape index (κ3) is 5.38. The van der Waals surface area contributed by atoms with Crippen LogP contribution in [0.5, 0.6) is 5.75 Å². The molecule has 0 aromatic heterocycles. The number of amides is 2. The van der Waals surface area contributed by atoms with Gasteiger partial charge in [0, 0.05) is 16.1 Å². The Balaban J connectivity index is 1.88. The van der Waals surface area contributed by atoms with Crippen LogP contribution in [0.1, 0.15) is 15.9 Å². The summed E-state index contributed by atoms with van der Waals surface area (Å²) in [6.07, 6.45) is 1.31. The van der Waals surface area contributed by atoms with Crippen LogP contribution in [0, 0.1) is 4.91 Å². The summed E-state index contributed by atoms with van der Waals surface area (Å²) in [7, 11) is 1.46. The van der Waals surface area contributed by atoms with E-state index in [4.69, 9.17) is 16.3 Å². The average Bonchev–Trinajstić information content (AvgIpc) is 2.66. The first-order valence-corrected chi connectivity index (χ1v) is 7.78. The van der Waals surface area contributed by atoms with E-state index in [1.54, 1.807) is 30.3 Å². The van der Waals surface area contributed by atoms with E-state index in [1.165, 1.54) is 25.5 Å². The minimum absolute atomic E-state index is 0.203. The fraction of sp³-hybridized carbons (Fsp3) is 0.118. The maximum absolute atomic E-state index is 11.9. The van der Waals surface area contributed by atoms with Gasteiger partial charge in [-0.1, -0.05) is 11.6 Å². The minimum atomic E-state index is -0.521. The smallest absolute Gasteiger partial charge is 0.259 e. The molecule has 8 nitrogen and oxygen atoms in total. The predicted octanol–water partition coefficient (Wildman–Crippen LogP) is 2.63. The third-order valence-electron chi connectivity index (χ3n) is 3.23. The van der Waals surface area contributed by atoms with E-state index >= 15 is 0 Å². The Morgan fingerprint density at radius 2 is 1.92 bits per heavy atom. The van der Waals surface area contributed by atoms with Gasteiger partial charge in [0.05, 0.1) is 19.9 Å². The summed E-state index contributed by atoms with van der Waals surface area (Å²) >= 11 is 5.75. The van der Waals surface area contributed by atoms with Crippen molar-refractivity contribution in [2.45, 2.75) is 0 Å². The van der Waals surface area contributed by atoms with Crippen molar-refractivity contribution in [2.24, 2.45) is 10.3 Å². The van der Waals surface area contributed by atoms with E-state index in [0.717, 1.165) is 0 Å². The number of rotatable bonds is 7. The zero-order valence-corrected chi connectivity index (χ0v) is 14.5. The molecule has 26 heavy (non-hydrogen) atoms. The SMILES string of the molecule is COc1ccc(N=O)cc1C=NNC(=O)CNC(=O)c1ccc(Cl)cc1. The number of hydrogen-bond acceptors (Lipinski definition) is 6. The minimum Gasteiger partial charge on any atom is -0.496 e. The molecule has 2 amide bonds. The zero-order valence-electron chi connectivity index (χ0n) is 13.7. The van der Waals surface area contributed by atoms with Crippen LogP contribution in [0.25, 0.3) is 0 Å². The third-order valence-corrected chi connectivity index (χ3v) is 3.48. The molecule has 2 rings (SSSR count). The number of hydrazone groups is 1. The largest absolute Gasteiger partial charge is 0.496 e. The Labute approximate surface area is 154 Å². The van der Waals surface area contributed by atoms with Gasteiger partial charge >= 0.3 is 0 Å². The molecule has 0 aliphatic carbocycles. The van der Waals surface area contributed by atoms with Gasteiger partial charge in [0.2, 0.25) is 0 Å². The molecule has 0 unspecified atom stereocenters. The topological polar surface area (TPSA) is 109 Å². The summed E-state index contributed by atoms with van der Waals surface area (Å²) in [5, 5.41) is 9.56. The standard InChI is InChI=1S/C17H15ClN4O4/c1-26-15-7-6-14(22-25)8-12(15)9-20-21-16(23)10-19-17(24)11-2-4-13(18)5-3-11/h2-9H,10H2,1H3,(H,19,24)(H,21,23). The first kappa shape index (κ1) is 19.1. The highest BCUT2D eigenvalue weighted by Crippen LogP contribution is 2.22.